The van der Waals surface area contributed by atoms with E-state index in [-0.39, 0.29) is 23.7 Å². The fraction of sp³-hybridized carbons (Fsp3) is 0.467. The van der Waals surface area contributed by atoms with Gasteiger partial charge in [0.15, 0.2) is 0 Å². The Morgan fingerprint density at radius 1 is 1.07 bits per heavy atom. The smallest absolute Gasteiger partial charge is 0.326 e. The number of carboxylic acid groups (broad SMARTS) is 1. The Bertz CT molecular complexity index is 765. The monoisotopic (exact) mass is 383 g/mol. The first-order valence-corrected chi connectivity index (χ1v) is 7.96. The fourth-order valence-corrected chi connectivity index (χ4v) is 2.30. The average molecular weight is 383 g/mol. The summed E-state index contributed by atoms with van der Waals surface area (Å²) in [5.74, 6) is -2.04. The Balaban J connectivity index is 3.47. The number of nitrogens with two attached hydrogens (primary N) is 1. The van der Waals surface area contributed by atoms with Gasteiger partial charge >= 0.3 is 5.97 Å². The van der Waals surface area contributed by atoms with Crippen molar-refractivity contribution in [1.29, 1.82) is 0 Å². The molecule has 0 fully saturated rings. The first-order chi connectivity index (χ1) is 12.4. The molecule has 0 radical (unpaired) electrons. The lowest BCUT2D eigenvalue weighted by atomic mass is 10.0. The zero-order valence-corrected chi connectivity index (χ0v) is 15.0. The third-order valence-corrected chi connectivity index (χ3v) is 3.64. The molecule has 0 bridgehead atoms. The van der Waals surface area contributed by atoms with E-state index < -0.39 is 45.2 Å². The predicted molar refractivity (Wildman–Crippen MR) is 96.5 cm³/mol. The van der Waals surface area contributed by atoms with Crippen molar-refractivity contribution >= 4 is 34.6 Å². The van der Waals surface area contributed by atoms with Crippen molar-refractivity contribution in [3.63, 3.8) is 0 Å². The van der Waals surface area contributed by atoms with Crippen molar-refractivity contribution in [1.82, 2.24) is 0 Å². The number of aliphatic carboxylic acids is 1. The van der Waals surface area contributed by atoms with E-state index in [0.29, 0.717) is 6.07 Å². The maximum atomic E-state index is 11.4. The summed E-state index contributed by atoms with van der Waals surface area (Å²) < 4.78 is 0. The van der Waals surface area contributed by atoms with Crippen LogP contribution in [-0.4, -0.2) is 38.9 Å². The molecule has 0 heterocycles. The standard InChI is InChI=1S/C15H21N5O7/c1-7(2)4-11(15(22)23)18-10-5-9(17-8(3)14(16)21)12(19(24)25)6-13(10)20(26)27/h5-8,11,17-18H,4H2,1-3H3,(H2,16,21)(H,22,23)/t8-,11-/m0/s1. The van der Waals surface area contributed by atoms with E-state index in [9.17, 15) is 34.9 Å². The molecule has 0 aliphatic heterocycles. The molecule has 0 saturated heterocycles. The van der Waals surface area contributed by atoms with Gasteiger partial charge in [0.05, 0.1) is 15.9 Å². The second-order valence-corrected chi connectivity index (χ2v) is 6.33. The van der Waals surface area contributed by atoms with Crippen LogP contribution in [0.1, 0.15) is 27.2 Å². The van der Waals surface area contributed by atoms with Crippen LogP contribution in [0.25, 0.3) is 0 Å². The molecule has 12 nitrogen and oxygen atoms in total. The SMILES string of the molecule is CC(C)C[C@H](Nc1cc(N[C@@H](C)C(N)=O)c([N+](=O)[O-])cc1[N+](=O)[O-])C(=O)O. The summed E-state index contributed by atoms with van der Waals surface area (Å²) in [6.45, 7) is 4.92. The van der Waals surface area contributed by atoms with Crippen LogP contribution < -0.4 is 16.4 Å². The molecule has 1 amide bonds. The molecule has 2 atom stereocenters. The van der Waals surface area contributed by atoms with Crippen LogP contribution in [0.4, 0.5) is 22.7 Å². The number of amides is 1. The third-order valence-electron chi connectivity index (χ3n) is 3.64. The minimum atomic E-state index is -1.23. The maximum Gasteiger partial charge on any atom is 0.326 e. The molecule has 1 aromatic carbocycles. The van der Waals surface area contributed by atoms with Crippen LogP contribution >= 0.6 is 0 Å². The number of rotatable bonds is 10. The number of carboxylic acids is 1. The number of anilines is 2. The number of benzene rings is 1. The molecule has 0 aliphatic carbocycles. The Labute approximate surface area is 154 Å². The highest BCUT2D eigenvalue weighted by molar-refractivity contribution is 5.86. The van der Waals surface area contributed by atoms with Crippen molar-refractivity contribution < 1.29 is 24.5 Å². The fourth-order valence-electron chi connectivity index (χ4n) is 2.30. The Morgan fingerprint density at radius 3 is 1.93 bits per heavy atom. The molecular weight excluding hydrogens is 362 g/mol. The highest BCUT2D eigenvalue weighted by atomic mass is 16.6. The van der Waals surface area contributed by atoms with Crippen molar-refractivity contribution in [2.24, 2.45) is 11.7 Å². The van der Waals surface area contributed by atoms with Gasteiger partial charge in [0.2, 0.25) is 5.91 Å². The minimum Gasteiger partial charge on any atom is -0.480 e. The van der Waals surface area contributed by atoms with Crippen LogP contribution in [0, 0.1) is 26.1 Å². The number of nitro groups is 2. The normalized spacial score (nSPS) is 12.9. The molecule has 5 N–H and O–H groups in total. The van der Waals surface area contributed by atoms with Crippen molar-refractivity contribution in [3.8, 4) is 0 Å². The molecule has 0 spiro atoms. The van der Waals surface area contributed by atoms with E-state index in [1.807, 2.05) is 0 Å². The van der Waals surface area contributed by atoms with Gasteiger partial charge in [-0.2, -0.15) is 0 Å². The van der Waals surface area contributed by atoms with Gasteiger partial charge in [-0.1, -0.05) is 13.8 Å². The molecule has 27 heavy (non-hydrogen) atoms. The zero-order chi connectivity index (χ0) is 20.9. The summed E-state index contributed by atoms with van der Waals surface area (Å²) >= 11 is 0. The lowest BCUT2D eigenvalue weighted by Crippen LogP contribution is -2.33. The van der Waals surface area contributed by atoms with Crippen LogP contribution in [0.2, 0.25) is 0 Å². The molecule has 12 heteroatoms. The third kappa shape index (κ3) is 5.80. The van der Waals surface area contributed by atoms with E-state index in [0.717, 1.165) is 6.07 Å². The number of hydrogen-bond donors (Lipinski definition) is 4. The van der Waals surface area contributed by atoms with Gasteiger partial charge in [-0.25, -0.2) is 4.79 Å². The number of carbonyl (C=O) groups is 2. The molecule has 0 unspecified atom stereocenters. The van der Waals surface area contributed by atoms with Gasteiger partial charge in [-0.3, -0.25) is 25.0 Å². The first-order valence-electron chi connectivity index (χ1n) is 7.96. The van der Waals surface area contributed by atoms with E-state index >= 15 is 0 Å². The van der Waals surface area contributed by atoms with Crippen LogP contribution in [0.3, 0.4) is 0 Å². The van der Waals surface area contributed by atoms with Gasteiger partial charge in [0.25, 0.3) is 11.4 Å². The second kappa shape index (κ2) is 8.78. The Morgan fingerprint density at radius 2 is 1.56 bits per heavy atom. The first kappa shape index (κ1) is 21.6. The number of nitrogens with one attached hydrogen (secondary N) is 2. The number of primary amides is 1. The largest absolute Gasteiger partial charge is 0.480 e. The molecule has 0 aliphatic rings. The van der Waals surface area contributed by atoms with Gasteiger partial charge in [-0.15, -0.1) is 0 Å². The van der Waals surface area contributed by atoms with Crippen LogP contribution in [-0.2, 0) is 9.59 Å². The summed E-state index contributed by atoms with van der Waals surface area (Å²) in [5, 5.41) is 36.9. The van der Waals surface area contributed by atoms with Crippen LogP contribution in [0.5, 0.6) is 0 Å². The molecular formula is C15H21N5O7. The lowest BCUT2D eigenvalue weighted by Gasteiger charge is -2.19. The average Bonchev–Trinajstić information content (AvgIpc) is 2.52. The number of nitro benzene ring substituents is 2. The highest BCUT2D eigenvalue weighted by Gasteiger charge is 2.29. The van der Waals surface area contributed by atoms with E-state index in [2.05, 4.69) is 10.6 Å². The van der Waals surface area contributed by atoms with Crippen molar-refractivity contribution in [2.45, 2.75) is 39.3 Å². The number of carbonyl (C=O) groups excluding carboxylic acids is 1. The molecule has 148 valence electrons. The Kier molecular flexibility index (Phi) is 7.02. The molecule has 0 aromatic heterocycles. The van der Waals surface area contributed by atoms with E-state index in [1.54, 1.807) is 13.8 Å². The van der Waals surface area contributed by atoms with Gasteiger partial charge < -0.3 is 21.5 Å². The minimum absolute atomic E-state index is 0.0248. The van der Waals surface area contributed by atoms with Crippen molar-refractivity contribution in [3.05, 3.63) is 32.4 Å². The Hall–Kier alpha value is -3.44. The summed E-state index contributed by atoms with van der Waals surface area (Å²) in [4.78, 5) is 43.5. The maximum absolute atomic E-state index is 11.4. The lowest BCUT2D eigenvalue weighted by molar-refractivity contribution is -0.393. The van der Waals surface area contributed by atoms with Crippen LogP contribution in [0.15, 0.2) is 12.1 Å². The number of nitrogens with zero attached hydrogens (tertiary/aromatic N) is 2. The van der Waals surface area contributed by atoms with E-state index in [4.69, 9.17) is 5.73 Å². The topological polar surface area (TPSA) is 191 Å². The molecule has 0 saturated carbocycles. The van der Waals surface area contributed by atoms with Gasteiger partial charge in [0.1, 0.15) is 23.5 Å². The summed E-state index contributed by atoms with van der Waals surface area (Å²) in [5.41, 5.74) is 3.40. The summed E-state index contributed by atoms with van der Waals surface area (Å²) in [7, 11) is 0. The van der Waals surface area contributed by atoms with Crippen molar-refractivity contribution in [2.75, 3.05) is 10.6 Å². The highest BCUT2D eigenvalue weighted by Crippen LogP contribution is 2.37. The predicted octanol–water partition coefficient (Wildman–Crippen LogP) is 1.70. The second-order valence-electron chi connectivity index (χ2n) is 6.33. The van der Waals surface area contributed by atoms with Gasteiger partial charge in [-0.05, 0) is 25.3 Å². The molecule has 1 rings (SSSR count). The van der Waals surface area contributed by atoms with E-state index in [1.165, 1.54) is 6.92 Å². The molecule has 1 aromatic rings. The zero-order valence-electron chi connectivity index (χ0n) is 15.0. The number of hydrogen-bond acceptors (Lipinski definition) is 8. The summed E-state index contributed by atoms with van der Waals surface area (Å²) in [6, 6.07) is -0.408. The van der Waals surface area contributed by atoms with Gasteiger partial charge in [0, 0.05) is 0 Å². The quantitative estimate of drug-likeness (QED) is 0.344. The summed E-state index contributed by atoms with van der Waals surface area (Å²) in [6.07, 6.45) is 0.171.